The first-order valence-electron chi connectivity index (χ1n) is 5.91. The molecule has 2 heterocycles. The Hall–Kier alpha value is -2.63. The van der Waals surface area contributed by atoms with Crippen LogP contribution in [-0.2, 0) is 6.54 Å². The van der Waals surface area contributed by atoms with Gasteiger partial charge in [-0.3, -0.25) is 9.89 Å². The van der Waals surface area contributed by atoms with E-state index in [4.69, 9.17) is 0 Å². The number of carbonyl (C=O) groups is 1. The normalized spacial score (nSPS) is 10.8. The van der Waals surface area contributed by atoms with Crippen molar-refractivity contribution in [3.05, 3.63) is 48.0 Å². The van der Waals surface area contributed by atoms with Gasteiger partial charge in [0.15, 0.2) is 0 Å². The lowest BCUT2D eigenvalue weighted by Gasteiger charge is -2.16. The van der Waals surface area contributed by atoms with Crippen LogP contribution in [0.1, 0.15) is 16.1 Å². The molecule has 0 aliphatic heterocycles. The zero-order chi connectivity index (χ0) is 13.2. The highest BCUT2D eigenvalue weighted by molar-refractivity contribution is 5.97. The molecule has 1 aromatic carbocycles. The number of imidazole rings is 1. The summed E-state index contributed by atoms with van der Waals surface area (Å²) in [5.74, 6) is -0.0360. The van der Waals surface area contributed by atoms with Crippen molar-refractivity contribution >= 4 is 16.9 Å². The van der Waals surface area contributed by atoms with Gasteiger partial charge in [-0.05, 0) is 24.3 Å². The van der Waals surface area contributed by atoms with Crippen molar-refractivity contribution in [2.24, 2.45) is 0 Å². The molecule has 6 nitrogen and oxygen atoms in total. The molecular weight excluding hydrogens is 242 g/mol. The average molecular weight is 255 g/mol. The number of fused-ring (bicyclic) bond motifs is 1. The molecule has 1 amide bonds. The first kappa shape index (κ1) is 11.5. The van der Waals surface area contributed by atoms with E-state index in [2.05, 4.69) is 20.2 Å². The second kappa shape index (κ2) is 4.56. The number of benzene rings is 1. The number of hydrogen-bond acceptors (Lipinski definition) is 3. The minimum Gasteiger partial charge on any atom is -0.345 e. The van der Waals surface area contributed by atoms with Crippen LogP contribution in [0.2, 0.25) is 0 Å². The van der Waals surface area contributed by atoms with Crippen LogP contribution in [0.5, 0.6) is 0 Å². The molecule has 96 valence electrons. The van der Waals surface area contributed by atoms with E-state index >= 15 is 0 Å². The summed E-state index contributed by atoms with van der Waals surface area (Å²) in [6.07, 6.45) is 3.29. The SMILES string of the molecule is CN(Cc1ccn[nH]1)C(=O)c1ccc2nc[nH]c2c1. The number of nitrogens with zero attached hydrogens (tertiary/aromatic N) is 3. The summed E-state index contributed by atoms with van der Waals surface area (Å²) >= 11 is 0. The number of hydrogen-bond donors (Lipinski definition) is 2. The van der Waals surface area contributed by atoms with Crippen LogP contribution in [0.3, 0.4) is 0 Å². The van der Waals surface area contributed by atoms with E-state index in [-0.39, 0.29) is 5.91 Å². The number of aromatic amines is 2. The fraction of sp³-hybridized carbons (Fsp3) is 0.154. The van der Waals surface area contributed by atoms with Gasteiger partial charge < -0.3 is 9.88 Å². The van der Waals surface area contributed by atoms with Gasteiger partial charge in [0.2, 0.25) is 0 Å². The minimum atomic E-state index is -0.0360. The lowest BCUT2D eigenvalue weighted by Crippen LogP contribution is -2.26. The van der Waals surface area contributed by atoms with E-state index in [0.29, 0.717) is 12.1 Å². The smallest absolute Gasteiger partial charge is 0.254 e. The maximum atomic E-state index is 12.3. The molecular formula is C13H13N5O. The molecule has 19 heavy (non-hydrogen) atoms. The summed E-state index contributed by atoms with van der Waals surface area (Å²) in [5.41, 5.74) is 3.26. The van der Waals surface area contributed by atoms with Crippen LogP contribution in [0.25, 0.3) is 11.0 Å². The molecule has 2 N–H and O–H groups in total. The van der Waals surface area contributed by atoms with Gasteiger partial charge in [0.1, 0.15) is 0 Å². The standard InChI is InChI=1S/C13H13N5O/c1-18(7-10-4-5-16-17-10)13(19)9-2-3-11-12(6-9)15-8-14-11/h2-6,8H,7H2,1H3,(H,14,15)(H,16,17). The molecule has 0 aliphatic carbocycles. The van der Waals surface area contributed by atoms with Crippen LogP contribution in [0, 0.1) is 0 Å². The number of amides is 1. The molecule has 3 rings (SSSR count). The molecule has 3 aromatic rings. The van der Waals surface area contributed by atoms with Crippen LogP contribution in [0.4, 0.5) is 0 Å². The Kier molecular flexibility index (Phi) is 2.75. The van der Waals surface area contributed by atoms with Gasteiger partial charge in [-0.25, -0.2) is 4.98 Å². The second-order valence-corrected chi connectivity index (χ2v) is 4.38. The summed E-state index contributed by atoms with van der Waals surface area (Å²) < 4.78 is 0. The zero-order valence-corrected chi connectivity index (χ0v) is 10.4. The number of aromatic nitrogens is 4. The van der Waals surface area contributed by atoms with Gasteiger partial charge in [-0.1, -0.05) is 0 Å². The third kappa shape index (κ3) is 2.20. The number of rotatable bonds is 3. The monoisotopic (exact) mass is 255 g/mol. The lowest BCUT2D eigenvalue weighted by molar-refractivity contribution is 0.0783. The van der Waals surface area contributed by atoms with Crippen molar-refractivity contribution in [3.63, 3.8) is 0 Å². The molecule has 2 aromatic heterocycles. The molecule has 0 saturated heterocycles. The molecule has 0 fully saturated rings. The molecule has 0 unspecified atom stereocenters. The first-order chi connectivity index (χ1) is 9.24. The minimum absolute atomic E-state index is 0.0360. The van der Waals surface area contributed by atoms with Crippen LogP contribution < -0.4 is 0 Å². The van der Waals surface area contributed by atoms with Gasteiger partial charge in [0, 0.05) is 18.8 Å². The van der Waals surface area contributed by atoms with E-state index in [1.165, 1.54) is 0 Å². The van der Waals surface area contributed by atoms with Gasteiger partial charge in [-0.15, -0.1) is 0 Å². The Balaban J connectivity index is 1.82. The highest BCUT2D eigenvalue weighted by Gasteiger charge is 2.13. The Bertz CT molecular complexity index is 701. The predicted octanol–water partition coefficient (Wildman–Crippen LogP) is 1.56. The van der Waals surface area contributed by atoms with E-state index < -0.39 is 0 Å². The van der Waals surface area contributed by atoms with Gasteiger partial charge >= 0.3 is 0 Å². The van der Waals surface area contributed by atoms with Gasteiger partial charge in [0.05, 0.1) is 29.6 Å². The first-order valence-corrected chi connectivity index (χ1v) is 5.91. The highest BCUT2D eigenvalue weighted by atomic mass is 16.2. The fourth-order valence-electron chi connectivity index (χ4n) is 1.99. The number of carbonyl (C=O) groups excluding carboxylic acids is 1. The van der Waals surface area contributed by atoms with Crippen molar-refractivity contribution < 1.29 is 4.79 Å². The molecule has 0 aliphatic rings. The molecule has 0 radical (unpaired) electrons. The Morgan fingerprint density at radius 3 is 3.05 bits per heavy atom. The van der Waals surface area contributed by atoms with E-state index in [1.807, 2.05) is 18.2 Å². The molecule has 0 saturated carbocycles. The van der Waals surface area contributed by atoms with Crippen molar-refractivity contribution in [1.82, 2.24) is 25.1 Å². The van der Waals surface area contributed by atoms with Crippen molar-refractivity contribution in [3.8, 4) is 0 Å². The predicted molar refractivity (Wildman–Crippen MR) is 70.5 cm³/mol. The average Bonchev–Trinajstić information content (AvgIpc) is 3.07. The number of nitrogens with one attached hydrogen (secondary N) is 2. The van der Waals surface area contributed by atoms with Crippen molar-refractivity contribution in [2.45, 2.75) is 6.54 Å². The third-order valence-electron chi connectivity index (χ3n) is 2.98. The summed E-state index contributed by atoms with van der Waals surface area (Å²) in [4.78, 5) is 21.1. The molecule has 0 spiro atoms. The summed E-state index contributed by atoms with van der Waals surface area (Å²) in [6, 6.07) is 7.29. The largest absolute Gasteiger partial charge is 0.345 e. The van der Waals surface area contributed by atoms with Crippen LogP contribution in [0.15, 0.2) is 36.8 Å². The fourth-order valence-corrected chi connectivity index (χ4v) is 1.99. The summed E-state index contributed by atoms with van der Waals surface area (Å²) in [6.45, 7) is 0.500. The third-order valence-corrected chi connectivity index (χ3v) is 2.98. The lowest BCUT2D eigenvalue weighted by atomic mass is 10.1. The second-order valence-electron chi connectivity index (χ2n) is 4.38. The van der Waals surface area contributed by atoms with E-state index in [0.717, 1.165) is 16.7 Å². The highest BCUT2D eigenvalue weighted by Crippen LogP contribution is 2.13. The zero-order valence-electron chi connectivity index (χ0n) is 10.4. The van der Waals surface area contributed by atoms with Crippen molar-refractivity contribution in [2.75, 3.05) is 7.05 Å². The summed E-state index contributed by atoms with van der Waals surface area (Å²) in [7, 11) is 1.76. The van der Waals surface area contributed by atoms with Crippen LogP contribution in [-0.4, -0.2) is 38.0 Å². The molecule has 0 bridgehead atoms. The van der Waals surface area contributed by atoms with E-state index in [1.54, 1.807) is 30.5 Å². The Morgan fingerprint density at radius 1 is 1.37 bits per heavy atom. The summed E-state index contributed by atoms with van der Waals surface area (Å²) in [5, 5.41) is 6.70. The van der Waals surface area contributed by atoms with Crippen molar-refractivity contribution in [1.29, 1.82) is 0 Å². The molecule has 0 atom stereocenters. The Labute approximate surface area is 109 Å². The Morgan fingerprint density at radius 2 is 2.26 bits per heavy atom. The maximum absolute atomic E-state index is 12.3. The van der Waals surface area contributed by atoms with Crippen LogP contribution >= 0.6 is 0 Å². The van der Waals surface area contributed by atoms with Gasteiger partial charge in [0.25, 0.3) is 5.91 Å². The maximum Gasteiger partial charge on any atom is 0.254 e. The molecule has 6 heteroatoms. The quantitative estimate of drug-likeness (QED) is 0.745. The topological polar surface area (TPSA) is 77.7 Å². The van der Waals surface area contributed by atoms with E-state index in [9.17, 15) is 4.79 Å². The van der Waals surface area contributed by atoms with Gasteiger partial charge in [-0.2, -0.15) is 5.10 Å². The number of H-pyrrole nitrogens is 2.